The number of nitrogens with one attached hydrogen (secondary N) is 1. The minimum Gasteiger partial charge on any atom is -0.460 e. The smallest absolute Gasteiger partial charge is 0.416 e. The molecule has 0 aromatic heterocycles. The van der Waals surface area contributed by atoms with Crippen LogP contribution in [-0.4, -0.2) is 48.6 Å². The first-order valence-electron chi connectivity index (χ1n) is 8.29. The molecule has 0 spiro atoms. The monoisotopic (exact) mass is 373 g/mol. The highest BCUT2D eigenvalue weighted by Gasteiger charge is 2.31. The second-order valence-corrected chi connectivity index (χ2v) is 6.01. The maximum atomic E-state index is 12.8. The van der Waals surface area contributed by atoms with E-state index in [2.05, 4.69) is 10.5 Å². The molecule has 1 saturated heterocycles. The molecule has 2 rings (SSSR count). The van der Waals surface area contributed by atoms with Crippen LogP contribution in [0.5, 0.6) is 0 Å². The summed E-state index contributed by atoms with van der Waals surface area (Å²) < 4.78 is 49.1. The predicted octanol–water partition coefficient (Wildman–Crippen LogP) is 3.10. The molecule has 0 aliphatic carbocycles. The van der Waals surface area contributed by atoms with Crippen molar-refractivity contribution in [2.75, 3.05) is 25.1 Å². The number of alkyl halides is 3. The number of carbonyl (C=O) groups excluding carboxylic acids is 1. The number of hydrazone groups is 1. The van der Waals surface area contributed by atoms with E-state index in [1.54, 1.807) is 11.8 Å². The molecule has 1 aromatic rings. The Morgan fingerprint density at radius 1 is 1.35 bits per heavy atom. The van der Waals surface area contributed by atoms with Crippen molar-refractivity contribution in [1.29, 1.82) is 0 Å². The lowest BCUT2D eigenvalue weighted by atomic mass is 10.2. The number of morpholine rings is 1. The summed E-state index contributed by atoms with van der Waals surface area (Å²) in [5, 5.41) is 4.02. The summed E-state index contributed by atoms with van der Waals surface area (Å²) in [6.07, 6.45) is -4.70. The van der Waals surface area contributed by atoms with Crippen molar-refractivity contribution >= 4 is 17.5 Å². The lowest BCUT2D eigenvalue weighted by Crippen LogP contribution is -2.51. The molecule has 9 heteroatoms. The van der Waals surface area contributed by atoms with E-state index in [4.69, 9.17) is 9.47 Å². The SMILES string of the molecule is CCOC(=O)C(=NNc1cccc(C(F)(F)F)c1)N1CC(C)OC(C)C1. The van der Waals surface area contributed by atoms with Crippen molar-refractivity contribution < 1.29 is 27.4 Å². The molecule has 6 nitrogen and oxygen atoms in total. The van der Waals surface area contributed by atoms with E-state index in [1.807, 2.05) is 13.8 Å². The van der Waals surface area contributed by atoms with Crippen LogP contribution in [0.1, 0.15) is 26.3 Å². The Balaban J connectivity index is 2.24. The minimum absolute atomic E-state index is 0.00580. The Morgan fingerprint density at radius 2 is 2.00 bits per heavy atom. The molecule has 26 heavy (non-hydrogen) atoms. The zero-order valence-corrected chi connectivity index (χ0v) is 14.8. The van der Waals surface area contributed by atoms with Gasteiger partial charge in [-0.2, -0.15) is 13.2 Å². The molecule has 1 aromatic carbocycles. The first-order valence-corrected chi connectivity index (χ1v) is 8.29. The molecule has 1 aliphatic rings. The Morgan fingerprint density at radius 3 is 2.58 bits per heavy atom. The molecule has 1 heterocycles. The summed E-state index contributed by atoms with van der Waals surface area (Å²) in [5.41, 5.74) is 1.85. The number of nitrogens with zero attached hydrogens (tertiary/aromatic N) is 2. The number of carbonyl (C=O) groups is 1. The topological polar surface area (TPSA) is 63.2 Å². The van der Waals surface area contributed by atoms with Crippen molar-refractivity contribution in [1.82, 2.24) is 4.90 Å². The second-order valence-electron chi connectivity index (χ2n) is 6.01. The van der Waals surface area contributed by atoms with Gasteiger partial charge in [0, 0.05) is 13.1 Å². The highest BCUT2D eigenvalue weighted by Crippen LogP contribution is 2.30. The molecule has 144 valence electrons. The van der Waals surface area contributed by atoms with E-state index in [0.717, 1.165) is 12.1 Å². The lowest BCUT2D eigenvalue weighted by molar-refractivity contribution is -0.138. The first-order chi connectivity index (χ1) is 12.2. The van der Waals surface area contributed by atoms with E-state index in [0.29, 0.717) is 13.1 Å². The molecule has 2 unspecified atom stereocenters. The van der Waals surface area contributed by atoms with Gasteiger partial charge >= 0.3 is 12.1 Å². The zero-order chi connectivity index (χ0) is 19.3. The van der Waals surface area contributed by atoms with Crippen LogP contribution in [0.15, 0.2) is 29.4 Å². The number of rotatable bonds is 3. The summed E-state index contributed by atoms with van der Waals surface area (Å²) in [6, 6.07) is 4.60. The third-order valence-electron chi connectivity index (χ3n) is 3.66. The van der Waals surface area contributed by atoms with Crippen LogP contribution in [0.2, 0.25) is 0 Å². The second kappa shape index (κ2) is 8.39. The van der Waals surface area contributed by atoms with E-state index in [1.165, 1.54) is 12.1 Å². The van der Waals surface area contributed by atoms with Gasteiger partial charge in [-0.15, -0.1) is 5.10 Å². The highest BCUT2D eigenvalue weighted by molar-refractivity contribution is 6.35. The van der Waals surface area contributed by atoms with Gasteiger partial charge in [-0.25, -0.2) is 4.79 Å². The Labute approximate surface area is 150 Å². The zero-order valence-electron chi connectivity index (χ0n) is 14.8. The standard InChI is InChI=1S/C17H22F3N3O3/c1-4-25-16(24)15(23-9-11(2)26-12(3)10-23)22-21-14-7-5-6-13(8-14)17(18,19)20/h5-8,11-12,21H,4,9-10H2,1-3H3. The number of anilines is 1. The third kappa shape index (κ3) is 5.35. The third-order valence-corrected chi connectivity index (χ3v) is 3.66. The molecule has 1 fully saturated rings. The highest BCUT2D eigenvalue weighted by atomic mass is 19.4. The average Bonchev–Trinajstić information content (AvgIpc) is 2.54. The van der Waals surface area contributed by atoms with Crippen LogP contribution in [0, 0.1) is 0 Å². The van der Waals surface area contributed by atoms with E-state index in [9.17, 15) is 18.0 Å². The van der Waals surface area contributed by atoms with Gasteiger partial charge in [-0.05, 0) is 39.0 Å². The number of benzene rings is 1. The largest absolute Gasteiger partial charge is 0.460 e. The fourth-order valence-electron chi connectivity index (χ4n) is 2.67. The van der Waals surface area contributed by atoms with Gasteiger partial charge in [0.2, 0.25) is 5.84 Å². The van der Waals surface area contributed by atoms with Crippen LogP contribution >= 0.6 is 0 Å². The van der Waals surface area contributed by atoms with E-state index in [-0.39, 0.29) is 30.3 Å². The quantitative estimate of drug-likeness (QED) is 0.382. The Hall–Kier alpha value is -2.29. The molecule has 0 amide bonds. The fourth-order valence-corrected chi connectivity index (χ4v) is 2.67. The first kappa shape index (κ1) is 20.0. The number of ether oxygens (including phenoxy) is 2. The van der Waals surface area contributed by atoms with E-state index >= 15 is 0 Å². The maximum absolute atomic E-state index is 12.8. The van der Waals surface area contributed by atoms with Crippen LogP contribution in [-0.2, 0) is 20.4 Å². The molecular formula is C17H22F3N3O3. The predicted molar refractivity (Wildman–Crippen MR) is 90.7 cm³/mol. The molecule has 0 radical (unpaired) electrons. The van der Waals surface area contributed by atoms with Gasteiger partial charge < -0.3 is 14.4 Å². The normalized spacial score (nSPS) is 21.5. The van der Waals surface area contributed by atoms with Crippen LogP contribution in [0.4, 0.5) is 18.9 Å². The summed E-state index contributed by atoms with van der Waals surface area (Å²) in [6.45, 7) is 6.41. The average molecular weight is 373 g/mol. The van der Waals surface area contributed by atoms with Crippen molar-refractivity contribution in [2.45, 2.75) is 39.2 Å². The molecule has 1 N–H and O–H groups in total. The Kier molecular flexibility index (Phi) is 6.47. The molecule has 2 atom stereocenters. The van der Waals surface area contributed by atoms with Gasteiger partial charge in [0.1, 0.15) is 0 Å². The summed E-state index contributed by atoms with van der Waals surface area (Å²) in [4.78, 5) is 14.0. The summed E-state index contributed by atoms with van der Waals surface area (Å²) in [5.74, 6) is -0.639. The Bertz CT molecular complexity index is 654. The van der Waals surface area contributed by atoms with Crippen LogP contribution in [0.25, 0.3) is 0 Å². The van der Waals surface area contributed by atoms with E-state index < -0.39 is 17.7 Å². The van der Waals surface area contributed by atoms with Crippen molar-refractivity contribution in [2.24, 2.45) is 5.10 Å². The molecule has 0 saturated carbocycles. The van der Waals surface area contributed by atoms with Crippen molar-refractivity contribution in [3.05, 3.63) is 29.8 Å². The van der Waals surface area contributed by atoms with Crippen molar-refractivity contribution in [3.8, 4) is 0 Å². The number of amidine groups is 1. The number of esters is 1. The van der Waals surface area contributed by atoms with Gasteiger partial charge in [0.05, 0.1) is 30.1 Å². The molecular weight excluding hydrogens is 351 g/mol. The number of halogens is 3. The summed E-state index contributed by atoms with van der Waals surface area (Å²) in [7, 11) is 0. The minimum atomic E-state index is -4.46. The fraction of sp³-hybridized carbons (Fsp3) is 0.529. The number of hydrogen-bond donors (Lipinski definition) is 1. The van der Waals surface area contributed by atoms with Crippen LogP contribution in [0.3, 0.4) is 0 Å². The van der Waals surface area contributed by atoms with Gasteiger partial charge in [0.15, 0.2) is 0 Å². The summed E-state index contributed by atoms with van der Waals surface area (Å²) >= 11 is 0. The van der Waals surface area contributed by atoms with Gasteiger partial charge in [-0.3, -0.25) is 5.43 Å². The van der Waals surface area contributed by atoms with Crippen LogP contribution < -0.4 is 5.43 Å². The van der Waals surface area contributed by atoms with Crippen molar-refractivity contribution in [3.63, 3.8) is 0 Å². The molecule has 0 bridgehead atoms. The van der Waals surface area contributed by atoms with Gasteiger partial charge in [-0.1, -0.05) is 6.07 Å². The lowest BCUT2D eigenvalue weighted by Gasteiger charge is -2.36. The number of hydrogen-bond acceptors (Lipinski definition) is 5. The van der Waals surface area contributed by atoms with Gasteiger partial charge in [0.25, 0.3) is 0 Å². The molecule has 1 aliphatic heterocycles. The maximum Gasteiger partial charge on any atom is 0.416 e.